The Balaban J connectivity index is 2.11. The van der Waals surface area contributed by atoms with E-state index >= 15 is 0 Å². The third-order valence-corrected chi connectivity index (χ3v) is 3.23. The van der Waals surface area contributed by atoms with E-state index in [9.17, 15) is 9.59 Å². The number of ether oxygens (including phenoxy) is 1. The van der Waals surface area contributed by atoms with Gasteiger partial charge in [-0.05, 0) is 24.6 Å². The van der Waals surface area contributed by atoms with Crippen LogP contribution in [0, 0.1) is 0 Å². The molecule has 1 unspecified atom stereocenters. The summed E-state index contributed by atoms with van der Waals surface area (Å²) in [5.41, 5.74) is 6.94. The van der Waals surface area contributed by atoms with Crippen molar-refractivity contribution in [2.45, 2.75) is 26.0 Å². The van der Waals surface area contributed by atoms with Crippen molar-refractivity contribution < 1.29 is 14.3 Å². The highest BCUT2D eigenvalue weighted by Crippen LogP contribution is 2.33. The minimum Gasteiger partial charge on any atom is -0.479 e. The number of nitrogens with one attached hydrogen (secondary N) is 1. The number of nitrogens with zero attached hydrogens (tertiary/aromatic N) is 1. The van der Waals surface area contributed by atoms with Crippen molar-refractivity contribution in [1.82, 2.24) is 5.32 Å². The fourth-order valence-electron chi connectivity index (χ4n) is 2.09. The second kappa shape index (κ2) is 5.92. The van der Waals surface area contributed by atoms with Crippen LogP contribution in [0.15, 0.2) is 18.2 Å². The summed E-state index contributed by atoms with van der Waals surface area (Å²) in [5.74, 6) is 0.512. The normalized spacial score (nSPS) is 17.4. The molecule has 6 heteroatoms. The second-order valence-corrected chi connectivity index (χ2v) is 4.77. The summed E-state index contributed by atoms with van der Waals surface area (Å²) >= 11 is 0. The zero-order chi connectivity index (χ0) is 14.7. The molecule has 0 bridgehead atoms. The van der Waals surface area contributed by atoms with Crippen LogP contribution in [0.3, 0.4) is 0 Å². The highest BCUT2D eigenvalue weighted by molar-refractivity contribution is 5.99. The summed E-state index contributed by atoms with van der Waals surface area (Å²) in [6.07, 6.45) is -0.160. The minimum atomic E-state index is -0.470. The molecular formula is C14H19N3O3. The molecule has 1 heterocycles. The lowest BCUT2D eigenvalue weighted by molar-refractivity contribution is -0.125. The molecule has 0 saturated heterocycles. The van der Waals surface area contributed by atoms with Crippen LogP contribution in [0.1, 0.15) is 18.9 Å². The molecule has 1 aromatic rings. The molecule has 108 valence electrons. The van der Waals surface area contributed by atoms with Gasteiger partial charge in [-0.1, -0.05) is 6.07 Å². The molecule has 1 aliphatic heterocycles. The molecule has 0 saturated carbocycles. The van der Waals surface area contributed by atoms with Crippen LogP contribution in [-0.2, 0) is 16.1 Å². The first kappa shape index (κ1) is 14.3. The number of fused-ring (bicyclic) bond motifs is 1. The molecule has 0 aromatic heterocycles. The number of carbonyl (C=O) groups excluding carboxylic acids is 2. The molecule has 20 heavy (non-hydrogen) atoms. The number of amides is 2. The quantitative estimate of drug-likeness (QED) is 0.834. The van der Waals surface area contributed by atoms with Crippen LogP contribution in [0.2, 0.25) is 0 Å². The Morgan fingerprint density at radius 3 is 2.95 bits per heavy atom. The first-order valence-corrected chi connectivity index (χ1v) is 6.57. The fraction of sp³-hybridized carbons (Fsp3) is 0.429. The van der Waals surface area contributed by atoms with E-state index < -0.39 is 6.10 Å². The third kappa shape index (κ3) is 2.91. The Bertz CT molecular complexity index is 530. The molecule has 0 fully saturated rings. The van der Waals surface area contributed by atoms with E-state index in [1.54, 1.807) is 18.9 Å². The highest BCUT2D eigenvalue weighted by atomic mass is 16.5. The van der Waals surface area contributed by atoms with E-state index in [1.165, 1.54) is 0 Å². The maximum Gasteiger partial charge on any atom is 0.267 e. The highest BCUT2D eigenvalue weighted by Gasteiger charge is 2.28. The van der Waals surface area contributed by atoms with Gasteiger partial charge in [-0.2, -0.15) is 0 Å². The van der Waals surface area contributed by atoms with E-state index in [1.807, 2.05) is 18.2 Å². The molecule has 6 nitrogen and oxygen atoms in total. The molecule has 0 aliphatic carbocycles. The van der Waals surface area contributed by atoms with Crippen molar-refractivity contribution in [1.29, 1.82) is 0 Å². The lowest BCUT2D eigenvalue weighted by Crippen LogP contribution is -2.42. The summed E-state index contributed by atoms with van der Waals surface area (Å²) in [7, 11) is 1.72. The van der Waals surface area contributed by atoms with Crippen molar-refractivity contribution in [2.75, 3.05) is 18.5 Å². The summed E-state index contributed by atoms with van der Waals surface area (Å²) in [6, 6.07) is 5.54. The van der Waals surface area contributed by atoms with Crippen molar-refractivity contribution >= 4 is 17.5 Å². The van der Waals surface area contributed by atoms with E-state index in [4.69, 9.17) is 10.5 Å². The zero-order valence-corrected chi connectivity index (χ0v) is 11.7. The van der Waals surface area contributed by atoms with E-state index in [0.29, 0.717) is 25.3 Å². The van der Waals surface area contributed by atoms with Gasteiger partial charge in [0.25, 0.3) is 5.91 Å². The summed E-state index contributed by atoms with van der Waals surface area (Å²) in [6.45, 7) is 2.46. The Hall–Kier alpha value is -2.08. The van der Waals surface area contributed by atoms with Gasteiger partial charge < -0.3 is 20.7 Å². The predicted octanol–water partition coefficient (Wildman–Crippen LogP) is 0.395. The van der Waals surface area contributed by atoms with Crippen molar-refractivity contribution in [3.8, 4) is 5.75 Å². The van der Waals surface area contributed by atoms with Crippen LogP contribution in [-0.4, -0.2) is 31.5 Å². The molecule has 1 aromatic carbocycles. The molecule has 3 N–H and O–H groups in total. The van der Waals surface area contributed by atoms with Gasteiger partial charge in [-0.3, -0.25) is 9.59 Å². The lowest BCUT2D eigenvalue weighted by atomic mass is 10.1. The largest absolute Gasteiger partial charge is 0.479 e. The Labute approximate surface area is 117 Å². The average molecular weight is 277 g/mol. The van der Waals surface area contributed by atoms with Crippen LogP contribution >= 0.6 is 0 Å². The van der Waals surface area contributed by atoms with Gasteiger partial charge in [0.2, 0.25) is 5.91 Å². The second-order valence-electron chi connectivity index (χ2n) is 4.77. The summed E-state index contributed by atoms with van der Waals surface area (Å²) in [5, 5.41) is 2.78. The van der Waals surface area contributed by atoms with Crippen molar-refractivity contribution in [3.63, 3.8) is 0 Å². The molecule has 2 amide bonds. The zero-order valence-electron chi connectivity index (χ0n) is 11.7. The summed E-state index contributed by atoms with van der Waals surface area (Å²) < 4.78 is 5.54. The molecule has 0 radical (unpaired) electrons. The van der Waals surface area contributed by atoms with Gasteiger partial charge >= 0.3 is 0 Å². The first-order valence-electron chi connectivity index (χ1n) is 6.57. The maximum atomic E-state index is 11.9. The Morgan fingerprint density at radius 2 is 2.25 bits per heavy atom. The van der Waals surface area contributed by atoms with E-state index in [-0.39, 0.29) is 11.8 Å². The standard InChI is InChI=1S/C14H19N3O3/c1-9-14(19)17(2)11-7-10(3-4-12(11)20-9)8-16-13(18)5-6-15/h3-4,7,9H,5-6,8,15H2,1-2H3,(H,16,18). The van der Waals surface area contributed by atoms with Gasteiger partial charge in [0.1, 0.15) is 5.75 Å². The monoisotopic (exact) mass is 277 g/mol. The SMILES string of the molecule is CC1Oc2ccc(CNC(=O)CCN)cc2N(C)C1=O. The third-order valence-electron chi connectivity index (χ3n) is 3.23. The lowest BCUT2D eigenvalue weighted by Gasteiger charge is -2.30. The summed E-state index contributed by atoms with van der Waals surface area (Å²) in [4.78, 5) is 24.8. The predicted molar refractivity (Wildman–Crippen MR) is 75.5 cm³/mol. The number of likely N-dealkylation sites (N-methyl/N-ethyl adjacent to an activating group) is 1. The van der Waals surface area contributed by atoms with Gasteiger partial charge in [-0.25, -0.2) is 0 Å². The van der Waals surface area contributed by atoms with Crippen LogP contribution in [0.4, 0.5) is 5.69 Å². The average Bonchev–Trinajstić information content (AvgIpc) is 2.43. The number of anilines is 1. The number of rotatable bonds is 4. The van der Waals surface area contributed by atoms with Crippen molar-refractivity contribution in [2.24, 2.45) is 5.73 Å². The van der Waals surface area contributed by atoms with Gasteiger partial charge in [-0.15, -0.1) is 0 Å². The number of carbonyl (C=O) groups is 2. The smallest absolute Gasteiger partial charge is 0.267 e. The fourth-order valence-corrected chi connectivity index (χ4v) is 2.09. The van der Waals surface area contributed by atoms with Crippen molar-refractivity contribution in [3.05, 3.63) is 23.8 Å². The van der Waals surface area contributed by atoms with Crippen LogP contribution in [0.25, 0.3) is 0 Å². The minimum absolute atomic E-state index is 0.0817. The number of hydrogen-bond donors (Lipinski definition) is 2. The number of nitrogens with two attached hydrogens (primary N) is 1. The van der Waals surface area contributed by atoms with E-state index in [2.05, 4.69) is 5.32 Å². The van der Waals surface area contributed by atoms with E-state index in [0.717, 1.165) is 11.3 Å². The Kier molecular flexibility index (Phi) is 4.24. The molecule has 0 spiro atoms. The Morgan fingerprint density at radius 1 is 1.50 bits per heavy atom. The number of hydrogen-bond acceptors (Lipinski definition) is 4. The first-order chi connectivity index (χ1) is 9.52. The molecule has 1 atom stereocenters. The molecule has 1 aliphatic rings. The van der Waals surface area contributed by atoms with Crippen LogP contribution < -0.4 is 20.7 Å². The molecule has 2 rings (SSSR count). The van der Waals surface area contributed by atoms with Gasteiger partial charge in [0, 0.05) is 26.6 Å². The molecular weight excluding hydrogens is 258 g/mol. The van der Waals surface area contributed by atoms with Crippen LogP contribution in [0.5, 0.6) is 5.75 Å². The number of benzene rings is 1. The van der Waals surface area contributed by atoms with Gasteiger partial charge in [0.05, 0.1) is 5.69 Å². The maximum absolute atomic E-state index is 11.9. The van der Waals surface area contributed by atoms with Gasteiger partial charge in [0.15, 0.2) is 6.10 Å². The topological polar surface area (TPSA) is 84.7 Å².